The number of fused-ring (bicyclic) bond motifs is 1. The van der Waals surface area contributed by atoms with Gasteiger partial charge in [-0.1, -0.05) is 18.2 Å². The molecule has 0 aliphatic heterocycles. The van der Waals surface area contributed by atoms with Crippen LogP contribution in [0, 0.1) is 0 Å². The molecule has 0 aliphatic carbocycles. The normalized spacial score (nSPS) is 10.9. The second-order valence-electron chi connectivity index (χ2n) is 6.50. The lowest BCUT2D eigenvalue weighted by Gasteiger charge is -2.09. The van der Waals surface area contributed by atoms with E-state index in [1.54, 1.807) is 31.4 Å². The first-order valence-electron chi connectivity index (χ1n) is 9.10. The van der Waals surface area contributed by atoms with Crippen LogP contribution >= 0.6 is 0 Å². The second kappa shape index (κ2) is 9.06. The lowest BCUT2D eigenvalue weighted by molar-refractivity contribution is -0.138. The van der Waals surface area contributed by atoms with Gasteiger partial charge in [0.25, 0.3) is 0 Å². The van der Waals surface area contributed by atoms with Gasteiger partial charge in [-0.15, -0.1) is 0 Å². The van der Waals surface area contributed by atoms with Crippen molar-refractivity contribution in [3.05, 3.63) is 77.4 Å². The Hall–Kier alpha value is -3.60. The standard InChI is InChI=1S/C24H22O5/c1-16(25)18-8-10-23(28-3)21(13-18)15-29-24(26)11-5-17-4-6-20-14-22(27-2)9-7-19(20)12-17/h4-14H,15H2,1-3H3/b11-5+. The zero-order chi connectivity index (χ0) is 20.8. The Morgan fingerprint density at radius 1 is 0.897 bits per heavy atom. The van der Waals surface area contributed by atoms with Gasteiger partial charge in [-0.3, -0.25) is 4.79 Å². The quantitative estimate of drug-likeness (QED) is 0.329. The van der Waals surface area contributed by atoms with E-state index in [4.69, 9.17) is 14.2 Å². The van der Waals surface area contributed by atoms with Crippen LogP contribution in [0.3, 0.4) is 0 Å². The smallest absolute Gasteiger partial charge is 0.331 e. The van der Waals surface area contributed by atoms with Crippen molar-refractivity contribution in [3.8, 4) is 11.5 Å². The Bertz CT molecular complexity index is 1080. The molecule has 0 atom stereocenters. The molecular weight excluding hydrogens is 368 g/mol. The molecule has 0 N–H and O–H groups in total. The van der Waals surface area contributed by atoms with E-state index in [1.807, 2.05) is 36.4 Å². The number of carbonyl (C=O) groups is 2. The fraction of sp³-hybridized carbons (Fsp3) is 0.167. The van der Waals surface area contributed by atoms with E-state index in [9.17, 15) is 9.59 Å². The molecule has 29 heavy (non-hydrogen) atoms. The average Bonchev–Trinajstić information content (AvgIpc) is 2.75. The van der Waals surface area contributed by atoms with Gasteiger partial charge in [0.1, 0.15) is 18.1 Å². The van der Waals surface area contributed by atoms with E-state index in [-0.39, 0.29) is 12.4 Å². The van der Waals surface area contributed by atoms with Crippen molar-refractivity contribution in [3.63, 3.8) is 0 Å². The number of rotatable bonds is 7. The van der Waals surface area contributed by atoms with E-state index in [2.05, 4.69) is 0 Å². The molecule has 3 aromatic rings. The summed E-state index contributed by atoms with van der Waals surface area (Å²) in [5.74, 6) is 0.828. The van der Waals surface area contributed by atoms with Gasteiger partial charge in [-0.05, 0) is 65.7 Å². The summed E-state index contributed by atoms with van der Waals surface area (Å²) in [7, 11) is 3.17. The molecule has 0 saturated carbocycles. The molecule has 0 saturated heterocycles. The van der Waals surface area contributed by atoms with Crippen molar-refractivity contribution in [2.75, 3.05) is 14.2 Å². The molecule has 0 aliphatic rings. The summed E-state index contributed by atoms with van der Waals surface area (Å²) in [4.78, 5) is 23.7. The molecular formula is C24H22O5. The molecule has 0 amide bonds. The molecule has 3 rings (SSSR count). The number of methoxy groups -OCH3 is 2. The molecule has 5 nitrogen and oxygen atoms in total. The number of esters is 1. The minimum Gasteiger partial charge on any atom is -0.497 e. The molecule has 0 unspecified atom stereocenters. The Balaban J connectivity index is 1.68. The zero-order valence-electron chi connectivity index (χ0n) is 16.6. The molecule has 0 aromatic heterocycles. The lowest BCUT2D eigenvalue weighted by atomic mass is 10.1. The third-order valence-corrected chi connectivity index (χ3v) is 4.54. The molecule has 0 heterocycles. The first-order valence-corrected chi connectivity index (χ1v) is 9.10. The minimum absolute atomic E-state index is 0.0188. The fourth-order valence-electron chi connectivity index (χ4n) is 2.94. The van der Waals surface area contributed by atoms with Crippen molar-refractivity contribution >= 4 is 28.6 Å². The summed E-state index contributed by atoms with van der Waals surface area (Å²) in [5.41, 5.74) is 2.07. The van der Waals surface area contributed by atoms with E-state index in [0.717, 1.165) is 22.1 Å². The van der Waals surface area contributed by atoms with Gasteiger partial charge < -0.3 is 14.2 Å². The first-order chi connectivity index (χ1) is 14.0. The highest BCUT2D eigenvalue weighted by molar-refractivity contribution is 5.94. The third-order valence-electron chi connectivity index (χ3n) is 4.54. The number of hydrogen-bond donors (Lipinski definition) is 0. The fourth-order valence-corrected chi connectivity index (χ4v) is 2.94. The van der Waals surface area contributed by atoms with Crippen LogP contribution in [0.1, 0.15) is 28.4 Å². The summed E-state index contributed by atoms with van der Waals surface area (Å²) in [6.07, 6.45) is 3.08. The molecule has 0 radical (unpaired) electrons. The molecule has 5 heteroatoms. The monoisotopic (exact) mass is 390 g/mol. The summed E-state index contributed by atoms with van der Waals surface area (Å²) in [6.45, 7) is 1.50. The highest BCUT2D eigenvalue weighted by atomic mass is 16.5. The maximum absolute atomic E-state index is 12.1. The minimum atomic E-state index is -0.477. The Labute approximate surface area is 169 Å². The molecule has 0 spiro atoms. The number of hydrogen-bond acceptors (Lipinski definition) is 5. The highest BCUT2D eigenvalue weighted by Gasteiger charge is 2.09. The van der Waals surface area contributed by atoms with Gasteiger partial charge in [-0.2, -0.15) is 0 Å². The topological polar surface area (TPSA) is 61.8 Å². The average molecular weight is 390 g/mol. The van der Waals surface area contributed by atoms with Crippen molar-refractivity contribution in [2.24, 2.45) is 0 Å². The van der Waals surface area contributed by atoms with Crippen LogP contribution in [0.25, 0.3) is 16.8 Å². The SMILES string of the molecule is COc1ccc2cc(/C=C/C(=O)OCc3cc(C(C)=O)ccc3OC)ccc2c1. The van der Waals surface area contributed by atoms with Crippen LogP contribution < -0.4 is 9.47 Å². The van der Waals surface area contributed by atoms with E-state index < -0.39 is 5.97 Å². The predicted octanol–water partition coefficient (Wildman–Crippen LogP) is 4.82. The van der Waals surface area contributed by atoms with Gasteiger partial charge in [-0.25, -0.2) is 4.79 Å². The van der Waals surface area contributed by atoms with Gasteiger partial charge in [0.05, 0.1) is 14.2 Å². The maximum atomic E-state index is 12.1. The van der Waals surface area contributed by atoms with Crippen LogP contribution in [0.5, 0.6) is 11.5 Å². The molecule has 3 aromatic carbocycles. The van der Waals surface area contributed by atoms with E-state index in [0.29, 0.717) is 16.9 Å². The van der Waals surface area contributed by atoms with E-state index in [1.165, 1.54) is 20.1 Å². The first kappa shape index (κ1) is 20.1. The predicted molar refractivity (Wildman–Crippen MR) is 112 cm³/mol. The van der Waals surface area contributed by atoms with Gasteiger partial charge in [0.15, 0.2) is 5.78 Å². The van der Waals surface area contributed by atoms with Crippen molar-refractivity contribution in [1.82, 2.24) is 0 Å². The van der Waals surface area contributed by atoms with Crippen molar-refractivity contribution < 1.29 is 23.8 Å². The second-order valence-corrected chi connectivity index (χ2v) is 6.50. The number of Topliss-reactive ketones (excluding diaryl/α,β-unsaturated/α-hetero) is 1. The van der Waals surface area contributed by atoms with Crippen LogP contribution in [0.2, 0.25) is 0 Å². The molecule has 148 valence electrons. The largest absolute Gasteiger partial charge is 0.497 e. The Morgan fingerprint density at radius 2 is 1.66 bits per heavy atom. The van der Waals surface area contributed by atoms with Crippen LogP contribution in [0.15, 0.2) is 60.7 Å². The van der Waals surface area contributed by atoms with Crippen LogP contribution in [-0.2, 0) is 16.1 Å². The van der Waals surface area contributed by atoms with Gasteiger partial charge >= 0.3 is 5.97 Å². The molecule has 0 fully saturated rings. The Morgan fingerprint density at radius 3 is 2.38 bits per heavy atom. The lowest BCUT2D eigenvalue weighted by Crippen LogP contribution is -2.04. The number of benzene rings is 3. The molecule has 0 bridgehead atoms. The van der Waals surface area contributed by atoms with Crippen LogP contribution in [-0.4, -0.2) is 26.0 Å². The van der Waals surface area contributed by atoms with Crippen molar-refractivity contribution in [2.45, 2.75) is 13.5 Å². The zero-order valence-corrected chi connectivity index (χ0v) is 16.6. The van der Waals surface area contributed by atoms with Gasteiger partial charge in [0.2, 0.25) is 0 Å². The summed E-state index contributed by atoms with van der Waals surface area (Å²) in [6, 6.07) is 16.8. The van der Waals surface area contributed by atoms with Crippen molar-refractivity contribution in [1.29, 1.82) is 0 Å². The number of ether oxygens (including phenoxy) is 3. The summed E-state index contributed by atoms with van der Waals surface area (Å²) in [5, 5.41) is 2.11. The summed E-state index contributed by atoms with van der Waals surface area (Å²) >= 11 is 0. The maximum Gasteiger partial charge on any atom is 0.331 e. The van der Waals surface area contributed by atoms with Crippen LogP contribution in [0.4, 0.5) is 0 Å². The van der Waals surface area contributed by atoms with Gasteiger partial charge in [0, 0.05) is 17.2 Å². The third kappa shape index (κ3) is 5.02. The highest BCUT2D eigenvalue weighted by Crippen LogP contribution is 2.23. The number of ketones is 1. The number of carbonyl (C=O) groups excluding carboxylic acids is 2. The summed E-state index contributed by atoms with van der Waals surface area (Å²) < 4.78 is 15.8. The van der Waals surface area contributed by atoms with E-state index >= 15 is 0 Å². The Kier molecular flexibility index (Phi) is 6.29.